The molecule has 5 nitrogen and oxygen atoms in total. The van der Waals surface area contributed by atoms with Crippen LogP contribution in [0.15, 0.2) is 34.2 Å². The SMILES string of the molecule is CCOC(=O)C(=CN(C)C)S(=O)(=O)c1cc(Cl)ccc1Cl. The maximum absolute atomic E-state index is 12.6. The van der Waals surface area contributed by atoms with Crippen molar-refractivity contribution in [3.63, 3.8) is 0 Å². The van der Waals surface area contributed by atoms with E-state index in [0.29, 0.717) is 0 Å². The van der Waals surface area contributed by atoms with Crippen LogP contribution in [0.2, 0.25) is 10.0 Å². The molecule has 0 heterocycles. The number of hydrogen-bond acceptors (Lipinski definition) is 5. The molecule has 0 atom stereocenters. The number of hydrogen-bond donors (Lipinski definition) is 0. The van der Waals surface area contributed by atoms with E-state index in [-0.39, 0.29) is 21.5 Å². The van der Waals surface area contributed by atoms with E-state index in [1.165, 1.54) is 29.3 Å². The van der Waals surface area contributed by atoms with Crippen molar-refractivity contribution in [1.29, 1.82) is 0 Å². The Bertz CT molecular complexity index is 669. The standard InChI is InChI=1S/C13H15Cl2NO4S/c1-4-20-13(17)12(8-16(2)3)21(18,19)11-7-9(14)5-6-10(11)15/h5-8H,4H2,1-3H3. The van der Waals surface area contributed by atoms with Crippen molar-refractivity contribution in [3.8, 4) is 0 Å². The van der Waals surface area contributed by atoms with Gasteiger partial charge in [0.15, 0.2) is 4.91 Å². The molecule has 0 aliphatic heterocycles. The molecule has 1 rings (SSSR count). The van der Waals surface area contributed by atoms with E-state index in [0.717, 1.165) is 0 Å². The van der Waals surface area contributed by atoms with Gasteiger partial charge in [-0.1, -0.05) is 23.2 Å². The minimum Gasteiger partial charge on any atom is -0.462 e. The third-order valence-corrected chi connectivity index (χ3v) is 4.77. The highest BCUT2D eigenvalue weighted by Crippen LogP contribution is 2.30. The maximum Gasteiger partial charge on any atom is 0.351 e. The van der Waals surface area contributed by atoms with Gasteiger partial charge in [-0.05, 0) is 25.1 Å². The summed E-state index contributed by atoms with van der Waals surface area (Å²) in [5, 5.41) is 0.180. The summed E-state index contributed by atoms with van der Waals surface area (Å²) in [4.78, 5) is 12.6. The van der Waals surface area contributed by atoms with E-state index in [4.69, 9.17) is 27.9 Å². The van der Waals surface area contributed by atoms with Crippen LogP contribution in [0, 0.1) is 0 Å². The number of ether oxygens (including phenoxy) is 1. The molecule has 1 aromatic carbocycles. The fourth-order valence-electron chi connectivity index (χ4n) is 1.47. The van der Waals surface area contributed by atoms with Crippen molar-refractivity contribution in [2.75, 3.05) is 20.7 Å². The number of sulfone groups is 1. The van der Waals surface area contributed by atoms with Crippen molar-refractivity contribution in [1.82, 2.24) is 4.90 Å². The van der Waals surface area contributed by atoms with Gasteiger partial charge in [0.1, 0.15) is 0 Å². The van der Waals surface area contributed by atoms with Gasteiger partial charge in [-0.2, -0.15) is 0 Å². The highest BCUT2D eigenvalue weighted by atomic mass is 35.5. The van der Waals surface area contributed by atoms with Crippen molar-refractivity contribution in [2.24, 2.45) is 0 Å². The third kappa shape index (κ3) is 4.36. The molecule has 0 N–H and O–H groups in total. The van der Waals surface area contributed by atoms with Crippen molar-refractivity contribution in [3.05, 3.63) is 39.3 Å². The molecule has 0 unspecified atom stereocenters. The van der Waals surface area contributed by atoms with E-state index >= 15 is 0 Å². The molecule has 0 amide bonds. The van der Waals surface area contributed by atoms with Gasteiger partial charge in [0, 0.05) is 25.3 Å². The minimum absolute atomic E-state index is 0.0200. The van der Waals surface area contributed by atoms with E-state index < -0.39 is 20.7 Å². The van der Waals surface area contributed by atoms with Crippen LogP contribution in [-0.4, -0.2) is 40.0 Å². The molecule has 0 bridgehead atoms. The molecule has 8 heteroatoms. The average Bonchev–Trinajstić information content (AvgIpc) is 2.38. The summed E-state index contributed by atoms with van der Waals surface area (Å²) in [6.07, 6.45) is 1.17. The molecular weight excluding hydrogens is 337 g/mol. The normalized spacial score (nSPS) is 12.1. The second-order valence-electron chi connectivity index (χ2n) is 4.26. The van der Waals surface area contributed by atoms with E-state index in [1.54, 1.807) is 21.0 Å². The van der Waals surface area contributed by atoms with Crippen LogP contribution in [0.5, 0.6) is 0 Å². The molecular formula is C13H15Cl2NO4S. The molecule has 0 aromatic heterocycles. The van der Waals surface area contributed by atoms with Crippen LogP contribution in [0.25, 0.3) is 0 Å². The first-order chi connectivity index (χ1) is 9.70. The van der Waals surface area contributed by atoms with E-state index in [1.807, 2.05) is 0 Å². The summed E-state index contributed by atoms with van der Waals surface area (Å²) in [5.41, 5.74) is 0. The largest absolute Gasteiger partial charge is 0.462 e. The molecule has 0 saturated carbocycles. The maximum atomic E-state index is 12.6. The first-order valence-corrected chi connectivity index (χ1v) is 8.19. The predicted octanol–water partition coefficient (Wildman–Crippen LogP) is 2.73. The van der Waals surface area contributed by atoms with Gasteiger partial charge < -0.3 is 9.64 Å². The van der Waals surface area contributed by atoms with Crippen molar-refractivity contribution >= 4 is 39.0 Å². The van der Waals surface area contributed by atoms with Gasteiger partial charge in [-0.25, -0.2) is 13.2 Å². The number of benzene rings is 1. The molecule has 1 aromatic rings. The summed E-state index contributed by atoms with van der Waals surface area (Å²) in [6, 6.07) is 4.01. The smallest absolute Gasteiger partial charge is 0.351 e. The predicted molar refractivity (Wildman–Crippen MR) is 82.1 cm³/mol. The Morgan fingerprint density at radius 2 is 1.95 bits per heavy atom. The Hall–Kier alpha value is -1.24. The molecule has 0 spiro atoms. The fraction of sp³-hybridized carbons (Fsp3) is 0.308. The Morgan fingerprint density at radius 3 is 2.48 bits per heavy atom. The summed E-state index contributed by atoms with van der Waals surface area (Å²) in [7, 11) is -0.959. The molecule has 0 fully saturated rings. The average molecular weight is 352 g/mol. The van der Waals surface area contributed by atoms with Gasteiger partial charge in [0.05, 0.1) is 16.5 Å². The summed E-state index contributed by atoms with van der Waals surface area (Å²) < 4.78 is 30.0. The number of rotatable bonds is 5. The molecule has 0 aliphatic rings. The second kappa shape index (κ2) is 7.15. The topological polar surface area (TPSA) is 63.7 Å². The van der Waals surface area contributed by atoms with Crippen LogP contribution in [0.3, 0.4) is 0 Å². The van der Waals surface area contributed by atoms with Crippen molar-refractivity contribution in [2.45, 2.75) is 11.8 Å². The van der Waals surface area contributed by atoms with Gasteiger partial charge in [0.25, 0.3) is 0 Å². The number of esters is 1. The highest BCUT2D eigenvalue weighted by molar-refractivity contribution is 7.96. The van der Waals surface area contributed by atoms with Gasteiger partial charge in [-0.15, -0.1) is 0 Å². The molecule has 0 saturated heterocycles. The minimum atomic E-state index is -4.14. The summed E-state index contributed by atoms with van der Waals surface area (Å²) in [6.45, 7) is 1.65. The first-order valence-electron chi connectivity index (χ1n) is 5.95. The Kier molecular flexibility index (Phi) is 6.07. The fourth-order valence-corrected chi connectivity index (χ4v) is 3.60. The van der Waals surface area contributed by atoms with Crippen molar-refractivity contribution < 1.29 is 17.9 Å². The zero-order valence-corrected chi connectivity index (χ0v) is 14.1. The van der Waals surface area contributed by atoms with Crippen LogP contribution in [0.1, 0.15) is 6.92 Å². The first kappa shape index (κ1) is 17.8. The lowest BCUT2D eigenvalue weighted by molar-refractivity contribution is -0.137. The Balaban J connectivity index is 3.48. The Labute approximate surface area is 134 Å². The lowest BCUT2D eigenvalue weighted by Gasteiger charge is -2.13. The van der Waals surface area contributed by atoms with Crippen LogP contribution in [0.4, 0.5) is 0 Å². The monoisotopic (exact) mass is 351 g/mol. The van der Waals surface area contributed by atoms with E-state index in [2.05, 4.69) is 0 Å². The van der Waals surface area contributed by atoms with E-state index in [9.17, 15) is 13.2 Å². The quantitative estimate of drug-likeness (QED) is 0.602. The zero-order valence-electron chi connectivity index (χ0n) is 11.8. The molecule has 0 radical (unpaired) electrons. The lowest BCUT2D eigenvalue weighted by atomic mass is 10.4. The van der Waals surface area contributed by atoms with Gasteiger partial charge >= 0.3 is 5.97 Å². The molecule has 116 valence electrons. The van der Waals surface area contributed by atoms with Crippen LogP contribution < -0.4 is 0 Å². The third-order valence-electron chi connectivity index (χ3n) is 2.32. The Morgan fingerprint density at radius 1 is 1.33 bits per heavy atom. The number of carbonyl (C=O) groups is 1. The number of nitrogens with zero attached hydrogens (tertiary/aromatic N) is 1. The van der Waals surface area contributed by atoms with Crippen LogP contribution >= 0.6 is 23.2 Å². The summed E-state index contributed by atoms with van der Waals surface area (Å²) >= 11 is 11.7. The summed E-state index contributed by atoms with van der Waals surface area (Å²) in [5.74, 6) is -0.942. The highest BCUT2D eigenvalue weighted by Gasteiger charge is 2.30. The van der Waals surface area contributed by atoms with Gasteiger partial charge in [-0.3, -0.25) is 0 Å². The van der Waals surface area contributed by atoms with Crippen LogP contribution in [-0.2, 0) is 19.4 Å². The van der Waals surface area contributed by atoms with Gasteiger partial charge in [0.2, 0.25) is 9.84 Å². The number of carbonyl (C=O) groups excluding carboxylic acids is 1. The zero-order chi connectivity index (χ0) is 16.2. The molecule has 21 heavy (non-hydrogen) atoms. The lowest BCUT2D eigenvalue weighted by Crippen LogP contribution is -2.20. The molecule has 0 aliphatic carbocycles. The second-order valence-corrected chi connectivity index (χ2v) is 6.99. The number of halogens is 2.